The molecule has 0 heterocycles. The molecule has 0 spiro atoms. The number of carboxylic acid groups (broad SMARTS) is 1. The summed E-state index contributed by atoms with van der Waals surface area (Å²) in [4.78, 5) is 24.7. The Labute approximate surface area is 167 Å². The fraction of sp³-hybridized carbons (Fsp3) is 0.333. The number of carbonyl (C=O) groups is 2. The normalized spacial score (nSPS) is 11.8. The molecule has 0 saturated carbocycles. The molecular formula is C24H29NO3. The van der Waals surface area contributed by atoms with Gasteiger partial charge in [-0.15, -0.1) is 6.58 Å². The number of hydrogen-bond donors (Lipinski definition) is 2. The molecule has 0 saturated heterocycles. The van der Waals surface area contributed by atoms with Gasteiger partial charge in [0.2, 0.25) is 5.91 Å². The lowest BCUT2D eigenvalue weighted by Gasteiger charge is -2.21. The predicted molar refractivity (Wildman–Crippen MR) is 112 cm³/mol. The van der Waals surface area contributed by atoms with Crippen LogP contribution in [0, 0.1) is 0 Å². The van der Waals surface area contributed by atoms with Crippen LogP contribution >= 0.6 is 0 Å². The standard InChI is InChI=1S/C24H29NO3/c1-2-3-4-5-6-13-18-21(24(27)28)25-23(26)22(19-14-9-7-10-15-19)20-16-11-8-12-17-20/h2,7-12,14-17,21-22H,1,3-6,13,18H2,(H,25,26)(H,27,28)/t21-/m1/s1. The zero-order chi connectivity index (χ0) is 20.2. The van der Waals surface area contributed by atoms with E-state index in [-0.39, 0.29) is 5.91 Å². The van der Waals surface area contributed by atoms with E-state index in [9.17, 15) is 14.7 Å². The molecule has 1 atom stereocenters. The highest BCUT2D eigenvalue weighted by atomic mass is 16.4. The van der Waals surface area contributed by atoms with Gasteiger partial charge in [0.25, 0.3) is 0 Å². The molecule has 0 fully saturated rings. The zero-order valence-corrected chi connectivity index (χ0v) is 16.2. The van der Waals surface area contributed by atoms with Gasteiger partial charge >= 0.3 is 5.97 Å². The Kier molecular flexibility index (Phi) is 8.99. The van der Waals surface area contributed by atoms with Crippen molar-refractivity contribution in [2.45, 2.75) is 50.5 Å². The highest BCUT2D eigenvalue weighted by molar-refractivity contribution is 5.90. The fourth-order valence-corrected chi connectivity index (χ4v) is 3.29. The number of rotatable bonds is 12. The van der Waals surface area contributed by atoms with Crippen molar-refractivity contribution in [3.63, 3.8) is 0 Å². The van der Waals surface area contributed by atoms with E-state index in [1.54, 1.807) is 0 Å². The molecule has 2 aromatic carbocycles. The first-order valence-electron chi connectivity index (χ1n) is 9.87. The Morgan fingerprint density at radius 2 is 1.43 bits per heavy atom. The fourth-order valence-electron chi connectivity index (χ4n) is 3.29. The van der Waals surface area contributed by atoms with E-state index < -0.39 is 17.9 Å². The van der Waals surface area contributed by atoms with Crippen LogP contribution in [0.2, 0.25) is 0 Å². The van der Waals surface area contributed by atoms with Gasteiger partial charge in [0, 0.05) is 0 Å². The molecule has 0 aliphatic rings. The number of benzene rings is 2. The average Bonchev–Trinajstić information content (AvgIpc) is 2.71. The van der Waals surface area contributed by atoms with E-state index in [4.69, 9.17) is 0 Å². The molecule has 4 heteroatoms. The van der Waals surface area contributed by atoms with E-state index in [1.807, 2.05) is 66.7 Å². The van der Waals surface area contributed by atoms with Crippen LogP contribution in [0.25, 0.3) is 0 Å². The molecule has 1 amide bonds. The Balaban J connectivity index is 2.05. The van der Waals surface area contributed by atoms with Crippen molar-refractivity contribution in [2.24, 2.45) is 0 Å². The van der Waals surface area contributed by atoms with E-state index >= 15 is 0 Å². The maximum absolute atomic E-state index is 13.0. The Hall–Kier alpha value is -2.88. The highest BCUT2D eigenvalue weighted by Crippen LogP contribution is 2.25. The third-order valence-electron chi connectivity index (χ3n) is 4.79. The minimum Gasteiger partial charge on any atom is -0.480 e. The lowest BCUT2D eigenvalue weighted by molar-refractivity contribution is -0.142. The molecule has 28 heavy (non-hydrogen) atoms. The maximum Gasteiger partial charge on any atom is 0.326 e. The zero-order valence-electron chi connectivity index (χ0n) is 16.2. The predicted octanol–water partition coefficient (Wildman–Crippen LogP) is 4.91. The third kappa shape index (κ3) is 6.69. The van der Waals surface area contributed by atoms with Gasteiger partial charge in [0.15, 0.2) is 0 Å². The van der Waals surface area contributed by atoms with Crippen molar-refractivity contribution in [3.05, 3.63) is 84.4 Å². The number of nitrogens with one attached hydrogen (secondary N) is 1. The van der Waals surface area contributed by atoms with Gasteiger partial charge in [-0.3, -0.25) is 4.79 Å². The number of carbonyl (C=O) groups excluding carboxylic acids is 1. The number of carboxylic acids is 1. The van der Waals surface area contributed by atoms with Crippen LogP contribution in [0.3, 0.4) is 0 Å². The van der Waals surface area contributed by atoms with Crippen LogP contribution in [-0.4, -0.2) is 23.0 Å². The van der Waals surface area contributed by atoms with E-state index in [0.717, 1.165) is 43.2 Å². The molecule has 0 aliphatic heterocycles. The van der Waals surface area contributed by atoms with Crippen LogP contribution < -0.4 is 5.32 Å². The molecule has 2 aromatic rings. The van der Waals surface area contributed by atoms with Crippen molar-refractivity contribution >= 4 is 11.9 Å². The summed E-state index contributed by atoms with van der Waals surface area (Å²) in [7, 11) is 0. The Morgan fingerprint density at radius 3 is 1.93 bits per heavy atom. The van der Waals surface area contributed by atoms with Crippen LogP contribution in [-0.2, 0) is 9.59 Å². The van der Waals surface area contributed by atoms with Crippen molar-refractivity contribution in [2.75, 3.05) is 0 Å². The molecule has 0 unspecified atom stereocenters. The van der Waals surface area contributed by atoms with Crippen molar-refractivity contribution < 1.29 is 14.7 Å². The topological polar surface area (TPSA) is 66.4 Å². The second-order valence-electron chi connectivity index (χ2n) is 6.93. The second kappa shape index (κ2) is 11.8. The summed E-state index contributed by atoms with van der Waals surface area (Å²) >= 11 is 0. The van der Waals surface area contributed by atoms with Crippen LogP contribution in [0.15, 0.2) is 73.3 Å². The largest absolute Gasteiger partial charge is 0.480 e. The van der Waals surface area contributed by atoms with Gasteiger partial charge in [0.05, 0.1) is 5.92 Å². The van der Waals surface area contributed by atoms with Gasteiger partial charge in [-0.05, 0) is 30.4 Å². The Morgan fingerprint density at radius 1 is 0.893 bits per heavy atom. The molecule has 0 bridgehead atoms. The maximum atomic E-state index is 13.0. The summed E-state index contributed by atoms with van der Waals surface area (Å²) < 4.78 is 0. The summed E-state index contributed by atoms with van der Waals surface area (Å²) in [6.45, 7) is 3.70. The van der Waals surface area contributed by atoms with Gasteiger partial charge in [-0.25, -0.2) is 4.79 Å². The molecule has 2 rings (SSSR count). The summed E-state index contributed by atoms with van der Waals surface area (Å²) in [5.74, 6) is -1.80. The molecule has 2 N–H and O–H groups in total. The Bertz CT molecular complexity index is 703. The first-order chi connectivity index (χ1) is 13.6. The average molecular weight is 380 g/mol. The van der Waals surface area contributed by atoms with Crippen LogP contribution in [0.4, 0.5) is 0 Å². The van der Waals surface area contributed by atoms with Gasteiger partial charge in [-0.1, -0.05) is 86.0 Å². The summed E-state index contributed by atoms with van der Waals surface area (Å²) in [6.07, 6.45) is 7.15. The molecule has 0 radical (unpaired) electrons. The highest BCUT2D eigenvalue weighted by Gasteiger charge is 2.27. The van der Waals surface area contributed by atoms with E-state index in [1.165, 1.54) is 0 Å². The summed E-state index contributed by atoms with van der Waals surface area (Å²) in [5, 5.41) is 12.3. The number of amides is 1. The monoisotopic (exact) mass is 379 g/mol. The smallest absolute Gasteiger partial charge is 0.326 e. The lowest BCUT2D eigenvalue weighted by atomic mass is 9.90. The number of unbranched alkanes of at least 4 members (excludes halogenated alkanes) is 4. The van der Waals surface area contributed by atoms with Crippen LogP contribution in [0.1, 0.15) is 55.6 Å². The molecule has 4 nitrogen and oxygen atoms in total. The first-order valence-corrected chi connectivity index (χ1v) is 9.87. The number of aliphatic carboxylic acids is 1. The molecule has 0 aliphatic carbocycles. The minimum atomic E-state index is -0.987. The summed E-state index contributed by atoms with van der Waals surface area (Å²) in [6, 6.07) is 18.0. The molecule has 0 aromatic heterocycles. The molecular weight excluding hydrogens is 350 g/mol. The first kappa shape index (κ1) is 21.4. The van der Waals surface area contributed by atoms with Crippen molar-refractivity contribution in [3.8, 4) is 0 Å². The third-order valence-corrected chi connectivity index (χ3v) is 4.79. The lowest BCUT2D eigenvalue weighted by Crippen LogP contribution is -2.43. The van der Waals surface area contributed by atoms with E-state index in [2.05, 4.69) is 11.9 Å². The van der Waals surface area contributed by atoms with Crippen molar-refractivity contribution in [1.29, 1.82) is 0 Å². The minimum absolute atomic E-state index is 0.281. The van der Waals surface area contributed by atoms with Gasteiger partial charge in [-0.2, -0.15) is 0 Å². The van der Waals surface area contributed by atoms with Gasteiger partial charge < -0.3 is 10.4 Å². The van der Waals surface area contributed by atoms with Crippen molar-refractivity contribution in [1.82, 2.24) is 5.32 Å². The quantitative estimate of drug-likeness (QED) is 0.406. The van der Waals surface area contributed by atoms with E-state index in [0.29, 0.717) is 6.42 Å². The van der Waals surface area contributed by atoms with Gasteiger partial charge in [0.1, 0.15) is 6.04 Å². The second-order valence-corrected chi connectivity index (χ2v) is 6.93. The SMILES string of the molecule is C=CCCCCCC[C@@H](NC(=O)C(c1ccccc1)c1ccccc1)C(=O)O. The summed E-state index contributed by atoms with van der Waals surface area (Å²) in [5.41, 5.74) is 1.69. The molecule has 148 valence electrons. The number of hydrogen-bond acceptors (Lipinski definition) is 2. The number of allylic oxidation sites excluding steroid dienone is 1. The van der Waals surface area contributed by atoms with Crippen LogP contribution in [0.5, 0.6) is 0 Å².